The lowest BCUT2D eigenvalue weighted by Crippen LogP contribution is -2.46. The Bertz CT molecular complexity index is 1610. The molecule has 0 unspecified atom stereocenters. The predicted molar refractivity (Wildman–Crippen MR) is 148 cm³/mol. The van der Waals surface area contributed by atoms with Crippen molar-refractivity contribution in [3.05, 3.63) is 76.7 Å². The summed E-state index contributed by atoms with van der Waals surface area (Å²) in [6.45, 7) is 2.88. The fourth-order valence-electron chi connectivity index (χ4n) is 4.93. The number of aryl methyl sites for hydroxylation is 1. The van der Waals surface area contributed by atoms with Crippen molar-refractivity contribution < 1.29 is 14.3 Å². The van der Waals surface area contributed by atoms with Crippen molar-refractivity contribution in [3.63, 3.8) is 0 Å². The number of anilines is 1. The number of nitrogens with one attached hydrogen (secondary N) is 1. The van der Waals surface area contributed by atoms with E-state index in [9.17, 15) is 9.59 Å². The molecule has 1 saturated heterocycles. The molecule has 12 nitrogen and oxygen atoms in total. The van der Waals surface area contributed by atoms with Gasteiger partial charge in [-0.1, -0.05) is 23.4 Å². The molecule has 1 aliphatic heterocycles. The SMILES string of the molecule is Cc1cc(N(C(=O)Cn2nnc3ccccc32)[C@@H](C(=O)NC[C@@H]2CCCO2)c2cccs2)ccc1-n1cnnn1. The highest BCUT2D eigenvalue weighted by Crippen LogP contribution is 2.33. The molecule has 2 aromatic carbocycles. The molecule has 2 amide bonds. The average Bonchev–Trinajstić information content (AvgIpc) is 3.79. The molecule has 5 aromatic rings. The zero-order valence-electron chi connectivity index (χ0n) is 21.8. The van der Waals surface area contributed by atoms with E-state index in [0.29, 0.717) is 24.4 Å². The molecule has 0 saturated carbocycles. The summed E-state index contributed by atoms with van der Waals surface area (Å²) in [7, 11) is 0. The van der Waals surface area contributed by atoms with E-state index in [1.54, 1.807) is 20.3 Å². The van der Waals surface area contributed by atoms with Crippen molar-refractivity contribution in [2.24, 2.45) is 0 Å². The highest BCUT2D eigenvalue weighted by Gasteiger charge is 2.35. The van der Waals surface area contributed by atoms with Crippen LogP contribution < -0.4 is 10.2 Å². The molecule has 1 aliphatic rings. The normalized spacial score (nSPS) is 15.8. The summed E-state index contributed by atoms with van der Waals surface area (Å²) >= 11 is 1.42. The Balaban J connectivity index is 1.39. The maximum absolute atomic E-state index is 14.2. The monoisotopic (exact) mass is 557 g/mol. The van der Waals surface area contributed by atoms with Crippen molar-refractivity contribution in [2.75, 3.05) is 18.1 Å². The van der Waals surface area contributed by atoms with E-state index in [1.807, 2.05) is 60.8 Å². The van der Waals surface area contributed by atoms with Crippen molar-refractivity contribution in [2.45, 2.75) is 38.5 Å². The number of hydrogen-bond donors (Lipinski definition) is 1. The Hall–Kier alpha value is -4.49. The first-order valence-electron chi connectivity index (χ1n) is 13.0. The van der Waals surface area contributed by atoms with E-state index in [1.165, 1.54) is 17.7 Å². The van der Waals surface area contributed by atoms with E-state index in [4.69, 9.17) is 4.74 Å². The van der Waals surface area contributed by atoms with Crippen LogP contribution in [0.3, 0.4) is 0 Å². The van der Waals surface area contributed by atoms with Crippen LogP contribution in [-0.2, 0) is 20.9 Å². The molecule has 204 valence electrons. The van der Waals surface area contributed by atoms with Crippen molar-refractivity contribution >= 4 is 39.9 Å². The molecule has 0 bridgehead atoms. The predicted octanol–water partition coefficient (Wildman–Crippen LogP) is 2.85. The van der Waals surface area contributed by atoms with Crippen LogP contribution in [-0.4, -0.2) is 66.3 Å². The molecular weight excluding hydrogens is 530 g/mol. The number of nitrogens with zero attached hydrogens (tertiary/aromatic N) is 8. The number of rotatable bonds is 9. The Morgan fingerprint density at radius 3 is 2.83 bits per heavy atom. The van der Waals surface area contributed by atoms with Crippen LogP contribution in [0.15, 0.2) is 66.3 Å². The summed E-state index contributed by atoms with van der Waals surface area (Å²) < 4.78 is 8.82. The van der Waals surface area contributed by atoms with E-state index >= 15 is 0 Å². The Kier molecular flexibility index (Phi) is 7.29. The van der Waals surface area contributed by atoms with Gasteiger partial charge in [0, 0.05) is 23.7 Å². The van der Waals surface area contributed by atoms with Crippen LogP contribution >= 0.6 is 11.3 Å². The molecule has 4 heterocycles. The largest absolute Gasteiger partial charge is 0.376 e. The maximum Gasteiger partial charge on any atom is 0.249 e. The van der Waals surface area contributed by atoms with Gasteiger partial charge in [-0.05, 0) is 77.5 Å². The molecule has 0 radical (unpaired) electrons. The molecule has 0 spiro atoms. The summed E-state index contributed by atoms with van der Waals surface area (Å²) in [6.07, 6.45) is 3.34. The van der Waals surface area contributed by atoms with Crippen LogP contribution in [0.2, 0.25) is 0 Å². The van der Waals surface area contributed by atoms with E-state index < -0.39 is 6.04 Å². The lowest BCUT2D eigenvalue weighted by atomic mass is 10.1. The standard InChI is InChI=1S/C27H27N9O3S/c1-18-14-19(10-11-22(18)35-17-29-31-33-35)36(25(37)16-34-23-8-3-2-7-21(23)30-32-34)26(24-9-5-13-40-24)27(38)28-15-20-6-4-12-39-20/h2-3,5,7-11,13-14,17,20,26H,4,6,12,15-16H2,1H3,(H,28,38)/t20-,26+/m0/s1. The summed E-state index contributed by atoms with van der Waals surface area (Å²) in [5, 5.41) is 24.8. The number of amides is 2. The second-order valence-corrected chi connectivity index (χ2v) is 10.5. The van der Waals surface area contributed by atoms with Crippen LogP contribution in [0.4, 0.5) is 5.69 Å². The minimum Gasteiger partial charge on any atom is -0.376 e. The second-order valence-electron chi connectivity index (χ2n) is 9.52. The Morgan fingerprint density at radius 2 is 2.08 bits per heavy atom. The zero-order valence-corrected chi connectivity index (χ0v) is 22.6. The van der Waals surface area contributed by atoms with Crippen molar-refractivity contribution in [1.29, 1.82) is 0 Å². The summed E-state index contributed by atoms with van der Waals surface area (Å²) in [5.41, 5.74) is 3.58. The number of carbonyl (C=O) groups is 2. The number of para-hydroxylation sites is 1. The molecule has 1 fully saturated rings. The third-order valence-electron chi connectivity index (χ3n) is 6.88. The summed E-state index contributed by atoms with van der Waals surface area (Å²) in [5.74, 6) is -0.590. The molecule has 3 aromatic heterocycles. The van der Waals surface area contributed by atoms with E-state index in [-0.39, 0.29) is 24.5 Å². The fourth-order valence-corrected chi connectivity index (χ4v) is 5.74. The van der Waals surface area contributed by atoms with Crippen molar-refractivity contribution in [3.8, 4) is 5.69 Å². The third-order valence-corrected chi connectivity index (χ3v) is 7.80. The van der Waals surface area contributed by atoms with Gasteiger partial charge in [0.25, 0.3) is 0 Å². The smallest absolute Gasteiger partial charge is 0.249 e. The molecule has 0 aliphatic carbocycles. The van der Waals surface area contributed by atoms with Gasteiger partial charge in [-0.25, -0.2) is 9.36 Å². The second kappa shape index (κ2) is 11.3. The minimum atomic E-state index is -0.901. The molecule has 40 heavy (non-hydrogen) atoms. The molecule has 1 N–H and O–H groups in total. The van der Waals surface area contributed by atoms with Gasteiger partial charge in [0.1, 0.15) is 24.4 Å². The van der Waals surface area contributed by atoms with Crippen LogP contribution in [0.5, 0.6) is 0 Å². The molecule has 13 heteroatoms. The van der Waals surface area contributed by atoms with Gasteiger partial charge < -0.3 is 10.1 Å². The number of hydrogen-bond acceptors (Lipinski definition) is 9. The third kappa shape index (κ3) is 5.20. The van der Waals surface area contributed by atoms with E-state index in [2.05, 4.69) is 31.2 Å². The molecule has 6 rings (SSSR count). The number of tetrazole rings is 1. The number of carbonyl (C=O) groups excluding carboxylic acids is 2. The highest BCUT2D eigenvalue weighted by molar-refractivity contribution is 7.10. The van der Waals surface area contributed by atoms with Gasteiger partial charge in [-0.2, -0.15) is 0 Å². The Morgan fingerprint density at radius 1 is 1.18 bits per heavy atom. The summed E-state index contributed by atoms with van der Waals surface area (Å²) in [6, 6.07) is 15.8. The number of fused-ring (bicyclic) bond motifs is 1. The zero-order chi connectivity index (χ0) is 27.5. The lowest BCUT2D eigenvalue weighted by Gasteiger charge is -2.31. The first-order chi connectivity index (χ1) is 19.6. The highest BCUT2D eigenvalue weighted by atomic mass is 32.1. The van der Waals surface area contributed by atoms with E-state index in [0.717, 1.165) is 34.5 Å². The summed E-state index contributed by atoms with van der Waals surface area (Å²) in [4.78, 5) is 30.3. The minimum absolute atomic E-state index is 0.0311. The number of benzene rings is 2. The van der Waals surface area contributed by atoms with Gasteiger partial charge in [0.05, 0.1) is 17.3 Å². The van der Waals surface area contributed by atoms with Gasteiger partial charge in [0.2, 0.25) is 11.8 Å². The fraction of sp³-hybridized carbons (Fsp3) is 0.296. The Labute approximate surface area is 233 Å². The molecular formula is C27H27N9O3S. The van der Waals surface area contributed by atoms with Crippen LogP contribution in [0.25, 0.3) is 16.7 Å². The first-order valence-corrected chi connectivity index (χ1v) is 13.8. The number of ether oxygens (including phenoxy) is 1. The number of aromatic nitrogens is 7. The van der Waals surface area contributed by atoms with Crippen LogP contribution in [0.1, 0.15) is 29.3 Å². The lowest BCUT2D eigenvalue weighted by molar-refractivity contribution is -0.127. The first kappa shape index (κ1) is 25.8. The maximum atomic E-state index is 14.2. The van der Waals surface area contributed by atoms with Gasteiger partial charge in [0.15, 0.2) is 0 Å². The van der Waals surface area contributed by atoms with Gasteiger partial charge >= 0.3 is 0 Å². The quantitative estimate of drug-likeness (QED) is 0.293. The van der Waals surface area contributed by atoms with Crippen LogP contribution in [0, 0.1) is 6.92 Å². The van der Waals surface area contributed by atoms with Crippen molar-refractivity contribution in [1.82, 2.24) is 40.5 Å². The average molecular weight is 558 g/mol. The molecule has 2 atom stereocenters. The number of thiophene rings is 1. The topological polar surface area (TPSA) is 133 Å². The van der Waals surface area contributed by atoms with Gasteiger partial charge in [-0.3, -0.25) is 14.5 Å². The van der Waals surface area contributed by atoms with Gasteiger partial charge in [-0.15, -0.1) is 21.5 Å².